The molecule has 3 heterocycles. The lowest BCUT2D eigenvalue weighted by atomic mass is 10.2. The number of carbonyl (C=O) groups is 1. The molecule has 4 rings (SSSR count). The molecule has 1 aromatic heterocycles. The molecular formula is C20H27N3O3S. The first-order valence-corrected chi connectivity index (χ1v) is 10.8. The van der Waals surface area contributed by atoms with Crippen molar-refractivity contribution in [1.29, 1.82) is 0 Å². The number of H-pyrrole nitrogens is 1. The van der Waals surface area contributed by atoms with Crippen LogP contribution < -0.4 is 4.74 Å². The molecule has 7 heteroatoms. The molecule has 6 nitrogen and oxygen atoms in total. The standard InChI is InChI=1S/C20H27N3O3S/c1-25-17-4-3-15-11-19(21-18(15)12-17)20(24)23-5-2-10-27-14-16(23)13-22-6-8-26-9-7-22/h3-4,11-12,16,21H,2,5-10,13-14H2,1H3. The number of nitrogens with zero attached hydrogens (tertiary/aromatic N) is 2. The van der Waals surface area contributed by atoms with Gasteiger partial charge in [-0.2, -0.15) is 11.8 Å². The zero-order chi connectivity index (χ0) is 18.6. The second-order valence-electron chi connectivity index (χ2n) is 7.13. The molecule has 1 aromatic carbocycles. The third-order valence-corrected chi connectivity index (χ3v) is 6.53. The molecule has 0 bridgehead atoms. The topological polar surface area (TPSA) is 57.8 Å². The third kappa shape index (κ3) is 4.25. The number of amides is 1. The molecule has 2 saturated heterocycles. The highest BCUT2D eigenvalue weighted by atomic mass is 32.2. The quantitative estimate of drug-likeness (QED) is 0.871. The molecular weight excluding hydrogens is 362 g/mol. The van der Waals surface area contributed by atoms with Crippen LogP contribution in [0.1, 0.15) is 16.9 Å². The van der Waals surface area contributed by atoms with Gasteiger partial charge < -0.3 is 19.4 Å². The van der Waals surface area contributed by atoms with Crippen LogP contribution in [0.25, 0.3) is 10.9 Å². The summed E-state index contributed by atoms with van der Waals surface area (Å²) in [5, 5.41) is 1.04. The Morgan fingerprint density at radius 2 is 2.15 bits per heavy atom. The van der Waals surface area contributed by atoms with Crippen molar-refractivity contribution >= 4 is 28.6 Å². The van der Waals surface area contributed by atoms with Gasteiger partial charge in [-0.25, -0.2) is 0 Å². The van der Waals surface area contributed by atoms with Crippen LogP contribution in [0.4, 0.5) is 0 Å². The first-order chi connectivity index (χ1) is 13.2. The lowest BCUT2D eigenvalue weighted by Gasteiger charge is -2.35. The van der Waals surface area contributed by atoms with Gasteiger partial charge in [0.25, 0.3) is 5.91 Å². The van der Waals surface area contributed by atoms with E-state index in [9.17, 15) is 4.79 Å². The van der Waals surface area contributed by atoms with E-state index in [1.165, 1.54) is 0 Å². The molecule has 1 unspecified atom stereocenters. The molecule has 1 atom stereocenters. The zero-order valence-electron chi connectivity index (χ0n) is 15.8. The summed E-state index contributed by atoms with van der Waals surface area (Å²) in [5.74, 6) is 3.01. The minimum Gasteiger partial charge on any atom is -0.497 e. The Morgan fingerprint density at radius 3 is 2.96 bits per heavy atom. The van der Waals surface area contributed by atoms with Gasteiger partial charge in [-0.1, -0.05) is 0 Å². The molecule has 2 aliphatic heterocycles. The predicted molar refractivity (Wildman–Crippen MR) is 109 cm³/mol. The van der Waals surface area contributed by atoms with Crippen LogP contribution in [-0.2, 0) is 4.74 Å². The molecule has 1 N–H and O–H groups in total. The van der Waals surface area contributed by atoms with E-state index in [4.69, 9.17) is 9.47 Å². The predicted octanol–water partition coefficient (Wildman–Crippen LogP) is 2.46. The van der Waals surface area contributed by atoms with Gasteiger partial charge in [-0.05, 0) is 30.4 Å². The molecule has 1 amide bonds. The van der Waals surface area contributed by atoms with Crippen molar-refractivity contribution in [2.45, 2.75) is 12.5 Å². The lowest BCUT2D eigenvalue weighted by Crippen LogP contribution is -2.50. The monoisotopic (exact) mass is 389 g/mol. The Labute approximate surface area is 164 Å². The van der Waals surface area contributed by atoms with E-state index in [0.29, 0.717) is 5.69 Å². The van der Waals surface area contributed by atoms with Crippen LogP contribution in [0.15, 0.2) is 24.3 Å². The Morgan fingerprint density at radius 1 is 1.30 bits per heavy atom. The van der Waals surface area contributed by atoms with Crippen LogP contribution in [0.5, 0.6) is 5.75 Å². The van der Waals surface area contributed by atoms with Crippen LogP contribution in [-0.4, -0.2) is 84.7 Å². The Bertz CT molecular complexity index is 788. The maximum absolute atomic E-state index is 13.3. The van der Waals surface area contributed by atoms with E-state index in [1.807, 2.05) is 36.0 Å². The van der Waals surface area contributed by atoms with E-state index in [0.717, 1.165) is 74.0 Å². The highest BCUT2D eigenvalue weighted by Crippen LogP contribution is 2.24. The van der Waals surface area contributed by atoms with E-state index in [-0.39, 0.29) is 11.9 Å². The molecule has 0 aliphatic carbocycles. The number of benzene rings is 1. The first kappa shape index (κ1) is 18.7. The number of rotatable bonds is 4. The fourth-order valence-electron chi connectivity index (χ4n) is 3.83. The summed E-state index contributed by atoms with van der Waals surface area (Å²) in [7, 11) is 1.65. The van der Waals surface area contributed by atoms with Gasteiger partial charge in [0.2, 0.25) is 0 Å². The number of aromatic amines is 1. The highest BCUT2D eigenvalue weighted by Gasteiger charge is 2.29. The van der Waals surface area contributed by atoms with Gasteiger partial charge in [0.1, 0.15) is 11.4 Å². The van der Waals surface area contributed by atoms with Crippen molar-refractivity contribution in [3.63, 3.8) is 0 Å². The molecule has 2 aliphatic rings. The number of methoxy groups -OCH3 is 1. The Balaban J connectivity index is 1.55. The molecule has 27 heavy (non-hydrogen) atoms. The lowest BCUT2D eigenvalue weighted by molar-refractivity contribution is 0.0244. The summed E-state index contributed by atoms with van der Waals surface area (Å²) < 4.78 is 10.8. The van der Waals surface area contributed by atoms with Crippen molar-refractivity contribution in [3.8, 4) is 5.75 Å². The third-order valence-electron chi connectivity index (χ3n) is 5.33. The summed E-state index contributed by atoms with van der Waals surface area (Å²) in [5.41, 5.74) is 1.60. The van der Waals surface area contributed by atoms with E-state index in [1.54, 1.807) is 7.11 Å². The maximum atomic E-state index is 13.3. The second kappa shape index (κ2) is 8.54. The highest BCUT2D eigenvalue weighted by molar-refractivity contribution is 7.99. The van der Waals surface area contributed by atoms with Gasteiger partial charge in [0, 0.05) is 48.9 Å². The number of ether oxygens (including phenoxy) is 2. The number of aromatic nitrogens is 1. The largest absolute Gasteiger partial charge is 0.497 e. The normalized spacial score (nSPS) is 22.0. The Kier molecular flexibility index (Phi) is 5.90. The molecule has 0 saturated carbocycles. The first-order valence-electron chi connectivity index (χ1n) is 9.60. The van der Waals surface area contributed by atoms with Crippen molar-refractivity contribution in [3.05, 3.63) is 30.0 Å². The van der Waals surface area contributed by atoms with Gasteiger partial charge in [0.05, 0.1) is 26.4 Å². The number of hydrogen-bond donors (Lipinski definition) is 1. The summed E-state index contributed by atoms with van der Waals surface area (Å²) in [4.78, 5) is 21.1. The van der Waals surface area contributed by atoms with Gasteiger partial charge in [-0.15, -0.1) is 0 Å². The molecule has 0 radical (unpaired) electrons. The fraction of sp³-hybridized carbons (Fsp3) is 0.550. The van der Waals surface area contributed by atoms with Crippen molar-refractivity contribution in [2.75, 3.05) is 58.0 Å². The molecule has 2 fully saturated rings. The van der Waals surface area contributed by atoms with Crippen LogP contribution >= 0.6 is 11.8 Å². The average molecular weight is 390 g/mol. The van der Waals surface area contributed by atoms with Crippen molar-refractivity contribution < 1.29 is 14.3 Å². The summed E-state index contributed by atoms with van der Waals surface area (Å²) >= 11 is 1.96. The molecule has 0 spiro atoms. The number of carbonyl (C=O) groups excluding carboxylic acids is 1. The molecule has 2 aromatic rings. The second-order valence-corrected chi connectivity index (χ2v) is 8.28. The zero-order valence-corrected chi connectivity index (χ0v) is 16.6. The Hall–Kier alpha value is -1.70. The number of fused-ring (bicyclic) bond motifs is 1. The van der Waals surface area contributed by atoms with E-state index in [2.05, 4.69) is 14.8 Å². The maximum Gasteiger partial charge on any atom is 0.270 e. The number of nitrogens with one attached hydrogen (secondary N) is 1. The number of thioether (sulfide) groups is 1. The van der Waals surface area contributed by atoms with E-state index >= 15 is 0 Å². The van der Waals surface area contributed by atoms with Crippen LogP contribution in [0, 0.1) is 0 Å². The summed E-state index contributed by atoms with van der Waals surface area (Å²) in [6.45, 7) is 5.23. The number of morpholine rings is 1. The van der Waals surface area contributed by atoms with Crippen LogP contribution in [0.3, 0.4) is 0 Å². The molecule has 146 valence electrons. The average Bonchev–Trinajstić information content (AvgIpc) is 3.00. The van der Waals surface area contributed by atoms with E-state index < -0.39 is 0 Å². The van der Waals surface area contributed by atoms with Gasteiger partial charge in [-0.3, -0.25) is 9.69 Å². The number of hydrogen-bond acceptors (Lipinski definition) is 5. The minimum absolute atomic E-state index is 0.103. The minimum atomic E-state index is 0.103. The van der Waals surface area contributed by atoms with Crippen molar-refractivity contribution in [1.82, 2.24) is 14.8 Å². The van der Waals surface area contributed by atoms with Crippen molar-refractivity contribution in [2.24, 2.45) is 0 Å². The van der Waals surface area contributed by atoms with Gasteiger partial charge >= 0.3 is 0 Å². The SMILES string of the molecule is COc1ccc2cc(C(=O)N3CCCSCC3CN3CCOCC3)[nH]c2c1. The summed E-state index contributed by atoms with van der Waals surface area (Å²) in [6.07, 6.45) is 1.05. The fourth-order valence-corrected chi connectivity index (χ4v) is 4.89. The van der Waals surface area contributed by atoms with Gasteiger partial charge in [0.15, 0.2) is 0 Å². The smallest absolute Gasteiger partial charge is 0.270 e. The van der Waals surface area contributed by atoms with Crippen LogP contribution in [0.2, 0.25) is 0 Å². The summed E-state index contributed by atoms with van der Waals surface area (Å²) in [6, 6.07) is 8.06.